The highest BCUT2D eigenvalue weighted by atomic mass is 16.2. The van der Waals surface area contributed by atoms with Crippen molar-refractivity contribution in [2.75, 3.05) is 5.32 Å². The summed E-state index contributed by atoms with van der Waals surface area (Å²) in [5, 5.41) is 9.32. The number of hydrogen-bond acceptors (Lipinski definition) is 4. The van der Waals surface area contributed by atoms with Crippen molar-refractivity contribution in [1.29, 1.82) is 0 Å². The third-order valence-corrected chi connectivity index (χ3v) is 5.46. The van der Waals surface area contributed by atoms with Gasteiger partial charge in [0.2, 0.25) is 0 Å². The molecule has 0 radical (unpaired) electrons. The van der Waals surface area contributed by atoms with Gasteiger partial charge < -0.3 is 10.6 Å². The number of amides is 2. The van der Waals surface area contributed by atoms with Crippen LogP contribution in [0.3, 0.4) is 0 Å². The van der Waals surface area contributed by atoms with E-state index in [4.69, 9.17) is 0 Å². The summed E-state index contributed by atoms with van der Waals surface area (Å²) in [7, 11) is 0. The quantitative estimate of drug-likeness (QED) is 0.638. The molecule has 30 heavy (non-hydrogen) atoms. The predicted octanol–water partition coefficient (Wildman–Crippen LogP) is 3.57. The minimum atomic E-state index is -0.720. The summed E-state index contributed by atoms with van der Waals surface area (Å²) in [5.41, 5.74) is 2.79. The fourth-order valence-electron chi connectivity index (χ4n) is 3.79. The molecular weight excluding hydrogens is 378 g/mol. The van der Waals surface area contributed by atoms with E-state index in [1.165, 1.54) is 43.9 Å². The molecule has 2 N–H and O–H groups in total. The fourth-order valence-corrected chi connectivity index (χ4v) is 3.79. The maximum atomic E-state index is 12.1. The number of hydrogen-bond donors (Lipinski definition) is 2. The van der Waals surface area contributed by atoms with Crippen LogP contribution < -0.4 is 10.6 Å². The van der Waals surface area contributed by atoms with Crippen LogP contribution in [0.1, 0.15) is 49.1 Å². The number of rotatable bonds is 5. The van der Waals surface area contributed by atoms with Crippen LogP contribution in [-0.2, 0) is 16.1 Å². The molecule has 0 bridgehead atoms. The van der Waals surface area contributed by atoms with Crippen LogP contribution in [0.5, 0.6) is 0 Å². The van der Waals surface area contributed by atoms with E-state index in [1.807, 2.05) is 12.1 Å². The molecule has 7 nitrogen and oxygen atoms in total. The maximum Gasteiger partial charge on any atom is 0.313 e. The number of pyridine rings is 1. The van der Waals surface area contributed by atoms with Crippen LogP contribution in [0.2, 0.25) is 0 Å². The molecule has 0 aliphatic heterocycles. The number of benzene rings is 1. The molecule has 2 amide bonds. The molecular formula is C23H25N5O2. The first-order chi connectivity index (χ1) is 14.7. The van der Waals surface area contributed by atoms with E-state index >= 15 is 0 Å². The van der Waals surface area contributed by atoms with Gasteiger partial charge in [-0.3, -0.25) is 9.59 Å². The van der Waals surface area contributed by atoms with Gasteiger partial charge in [0.15, 0.2) is 5.82 Å². The van der Waals surface area contributed by atoms with Gasteiger partial charge >= 0.3 is 11.8 Å². The molecule has 7 heteroatoms. The minimum Gasteiger partial charge on any atom is -0.344 e. The molecule has 154 valence electrons. The van der Waals surface area contributed by atoms with Crippen LogP contribution in [-0.4, -0.2) is 26.6 Å². The lowest BCUT2D eigenvalue weighted by molar-refractivity contribution is -0.136. The standard InChI is InChI=1S/C23H25N5O2/c29-22(23(30)27-20-11-12-21(24-16-20)28-14-4-13-26-28)25-15-17-7-9-19(10-8-17)18-5-2-1-3-6-18/h4,7-14,16,18H,1-3,5-6,15H2,(H,25,29)(H,27,30). The molecule has 1 fully saturated rings. The van der Waals surface area contributed by atoms with Gasteiger partial charge in [0, 0.05) is 18.9 Å². The first kappa shape index (κ1) is 19.8. The highest BCUT2D eigenvalue weighted by Crippen LogP contribution is 2.32. The first-order valence-corrected chi connectivity index (χ1v) is 10.3. The minimum absolute atomic E-state index is 0.313. The summed E-state index contributed by atoms with van der Waals surface area (Å²) in [5.74, 6) is -0.120. The van der Waals surface area contributed by atoms with E-state index in [-0.39, 0.29) is 0 Å². The van der Waals surface area contributed by atoms with Gasteiger partial charge in [0.05, 0.1) is 11.9 Å². The van der Waals surface area contributed by atoms with E-state index in [2.05, 4.69) is 32.8 Å². The van der Waals surface area contributed by atoms with E-state index in [1.54, 1.807) is 35.3 Å². The lowest BCUT2D eigenvalue weighted by atomic mass is 9.84. The first-order valence-electron chi connectivity index (χ1n) is 10.3. The normalized spacial score (nSPS) is 14.3. The molecule has 3 aromatic rings. The van der Waals surface area contributed by atoms with Gasteiger partial charge in [-0.2, -0.15) is 5.10 Å². The van der Waals surface area contributed by atoms with E-state index in [0.29, 0.717) is 24.0 Å². The Hall–Kier alpha value is -3.48. The summed E-state index contributed by atoms with van der Waals surface area (Å²) >= 11 is 0. The Morgan fingerprint density at radius 3 is 2.47 bits per heavy atom. The Bertz CT molecular complexity index is 975. The van der Waals surface area contributed by atoms with Gasteiger partial charge in [0.1, 0.15) is 0 Å². The SMILES string of the molecule is O=C(NCc1ccc(C2CCCCC2)cc1)C(=O)Nc1ccc(-n2cccn2)nc1. The monoisotopic (exact) mass is 403 g/mol. The molecule has 0 unspecified atom stereocenters. The highest BCUT2D eigenvalue weighted by Gasteiger charge is 2.16. The van der Waals surface area contributed by atoms with Crippen LogP contribution in [0.15, 0.2) is 61.1 Å². The van der Waals surface area contributed by atoms with Crippen LogP contribution in [0.25, 0.3) is 5.82 Å². The van der Waals surface area contributed by atoms with E-state index < -0.39 is 11.8 Å². The molecule has 1 aromatic carbocycles. The Labute approximate surface area is 175 Å². The number of carbonyl (C=O) groups is 2. The van der Waals surface area contributed by atoms with Crippen LogP contribution in [0.4, 0.5) is 5.69 Å². The average Bonchev–Trinajstić information content (AvgIpc) is 3.34. The van der Waals surface area contributed by atoms with Gasteiger partial charge in [-0.1, -0.05) is 43.5 Å². The smallest absolute Gasteiger partial charge is 0.313 e. The van der Waals surface area contributed by atoms with E-state index in [0.717, 1.165) is 5.56 Å². The second kappa shape index (κ2) is 9.35. The second-order valence-corrected chi connectivity index (χ2v) is 7.57. The largest absolute Gasteiger partial charge is 0.344 e. The zero-order valence-electron chi connectivity index (χ0n) is 16.8. The summed E-state index contributed by atoms with van der Waals surface area (Å²) < 4.78 is 1.61. The van der Waals surface area contributed by atoms with Gasteiger partial charge in [-0.15, -0.1) is 0 Å². The Morgan fingerprint density at radius 1 is 1.00 bits per heavy atom. The lowest BCUT2D eigenvalue weighted by Gasteiger charge is -2.22. The third-order valence-electron chi connectivity index (χ3n) is 5.46. The summed E-state index contributed by atoms with van der Waals surface area (Å²) in [6, 6.07) is 13.5. The molecule has 1 aliphatic rings. The van der Waals surface area contributed by atoms with Gasteiger partial charge in [-0.05, 0) is 48.1 Å². The van der Waals surface area contributed by atoms with Crippen molar-refractivity contribution < 1.29 is 9.59 Å². The van der Waals surface area contributed by atoms with Crippen LogP contribution >= 0.6 is 0 Å². The van der Waals surface area contributed by atoms with Crippen molar-refractivity contribution in [3.8, 4) is 5.82 Å². The second-order valence-electron chi connectivity index (χ2n) is 7.57. The third kappa shape index (κ3) is 4.92. The Morgan fingerprint density at radius 2 is 1.80 bits per heavy atom. The number of aromatic nitrogens is 3. The lowest BCUT2D eigenvalue weighted by Crippen LogP contribution is -2.35. The molecule has 0 spiro atoms. The molecule has 0 atom stereocenters. The van der Waals surface area contributed by atoms with Gasteiger partial charge in [0.25, 0.3) is 0 Å². The van der Waals surface area contributed by atoms with Crippen molar-refractivity contribution in [3.05, 3.63) is 72.2 Å². The number of nitrogens with zero attached hydrogens (tertiary/aromatic N) is 3. The highest BCUT2D eigenvalue weighted by molar-refractivity contribution is 6.39. The van der Waals surface area contributed by atoms with Crippen molar-refractivity contribution in [1.82, 2.24) is 20.1 Å². The number of nitrogens with one attached hydrogen (secondary N) is 2. The molecule has 2 heterocycles. The Kier molecular flexibility index (Phi) is 6.17. The Balaban J connectivity index is 1.27. The summed E-state index contributed by atoms with van der Waals surface area (Å²) in [6.07, 6.45) is 11.4. The van der Waals surface area contributed by atoms with E-state index in [9.17, 15) is 9.59 Å². The van der Waals surface area contributed by atoms with Crippen molar-refractivity contribution >= 4 is 17.5 Å². The molecule has 2 aromatic heterocycles. The number of carbonyl (C=O) groups excluding carboxylic acids is 2. The molecule has 0 saturated heterocycles. The molecule has 4 rings (SSSR count). The van der Waals surface area contributed by atoms with Crippen molar-refractivity contribution in [3.63, 3.8) is 0 Å². The van der Waals surface area contributed by atoms with Crippen molar-refractivity contribution in [2.45, 2.75) is 44.6 Å². The summed E-state index contributed by atoms with van der Waals surface area (Å²) in [6.45, 7) is 0.313. The summed E-state index contributed by atoms with van der Waals surface area (Å²) in [4.78, 5) is 28.5. The average molecular weight is 403 g/mol. The zero-order valence-corrected chi connectivity index (χ0v) is 16.8. The topological polar surface area (TPSA) is 88.9 Å². The molecule has 1 saturated carbocycles. The van der Waals surface area contributed by atoms with Crippen molar-refractivity contribution in [2.24, 2.45) is 0 Å². The predicted molar refractivity (Wildman–Crippen MR) is 114 cm³/mol. The van der Waals surface area contributed by atoms with Gasteiger partial charge in [-0.25, -0.2) is 9.67 Å². The molecule has 1 aliphatic carbocycles. The number of anilines is 1. The zero-order chi connectivity index (χ0) is 20.8. The fraction of sp³-hybridized carbons (Fsp3) is 0.304. The maximum absolute atomic E-state index is 12.1. The van der Waals surface area contributed by atoms with Crippen LogP contribution in [0, 0.1) is 0 Å².